The van der Waals surface area contributed by atoms with Gasteiger partial charge in [-0.15, -0.1) is 0 Å². The first-order valence-electron chi connectivity index (χ1n) is 6.83. The number of nitrogens with one attached hydrogen (secondary N) is 2. The zero-order valence-corrected chi connectivity index (χ0v) is 11.8. The minimum absolute atomic E-state index is 0.362. The molecule has 0 radical (unpaired) electrons. The molecule has 0 atom stereocenters. The fourth-order valence-corrected chi connectivity index (χ4v) is 1.85. The molecule has 0 bridgehead atoms. The smallest absolute Gasteiger partial charge is 0.407 e. The summed E-state index contributed by atoms with van der Waals surface area (Å²) in [5.41, 5.74) is 2.52. The van der Waals surface area contributed by atoms with Crippen molar-refractivity contribution in [2.75, 3.05) is 13.1 Å². The van der Waals surface area contributed by atoms with E-state index in [1.165, 1.54) is 12.8 Å². The van der Waals surface area contributed by atoms with Gasteiger partial charge in [-0.3, -0.25) is 4.84 Å². The van der Waals surface area contributed by atoms with Crippen molar-refractivity contribution in [1.29, 1.82) is 0 Å². The van der Waals surface area contributed by atoms with Gasteiger partial charge in [0.2, 0.25) is 0 Å². The minimum Gasteiger partial charge on any atom is -0.444 e. The molecule has 5 nitrogen and oxygen atoms in total. The first kappa shape index (κ1) is 15.2. The highest BCUT2D eigenvalue weighted by Gasteiger charge is 2.16. The molecule has 0 aromatic carbocycles. The molecule has 0 aromatic heterocycles. The summed E-state index contributed by atoms with van der Waals surface area (Å²) in [6, 6.07) is 0. The monoisotopic (exact) mass is 258 g/mol. The van der Waals surface area contributed by atoms with Crippen LogP contribution >= 0.6 is 0 Å². The topological polar surface area (TPSA) is 59.6 Å². The Kier molecular flexibility index (Phi) is 6.43. The number of carbonyl (C=O) groups is 1. The second-order valence-corrected chi connectivity index (χ2v) is 5.70. The van der Waals surface area contributed by atoms with Crippen molar-refractivity contribution in [3.05, 3.63) is 0 Å². The number of carbonyl (C=O) groups excluding carboxylic acids is 1. The second kappa shape index (κ2) is 7.59. The fourth-order valence-electron chi connectivity index (χ4n) is 1.85. The number of alkyl carbamates (subject to hydrolysis) is 1. The van der Waals surface area contributed by atoms with Crippen molar-refractivity contribution >= 4 is 6.09 Å². The molecule has 0 aliphatic heterocycles. The standard InChI is InChI=1S/C13H26N2O3/c1-13(2,3)17-12(16)14-9-6-10-15-18-11-7-4-5-8-11/h11,15H,4-10H2,1-3H3,(H,14,16). The van der Waals surface area contributed by atoms with Crippen LogP contribution in [-0.2, 0) is 9.57 Å². The summed E-state index contributed by atoms with van der Waals surface area (Å²) >= 11 is 0. The van der Waals surface area contributed by atoms with Crippen LogP contribution in [0.15, 0.2) is 0 Å². The molecule has 106 valence electrons. The highest BCUT2D eigenvalue weighted by molar-refractivity contribution is 5.67. The van der Waals surface area contributed by atoms with E-state index < -0.39 is 5.60 Å². The Bertz CT molecular complexity index is 245. The van der Waals surface area contributed by atoms with Gasteiger partial charge in [-0.1, -0.05) is 12.8 Å². The normalized spacial score (nSPS) is 16.8. The molecule has 1 saturated carbocycles. The summed E-state index contributed by atoms with van der Waals surface area (Å²) in [6.07, 6.45) is 5.69. The molecule has 5 heteroatoms. The van der Waals surface area contributed by atoms with E-state index in [4.69, 9.17) is 9.57 Å². The number of amides is 1. The number of hydrogen-bond acceptors (Lipinski definition) is 4. The molecule has 0 aromatic rings. The lowest BCUT2D eigenvalue weighted by Crippen LogP contribution is -2.34. The van der Waals surface area contributed by atoms with Gasteiger partial charge in [0.05, 0.1) is 6.10 Å². The molecule has 2 N–H and O–H groups in total. The van der Waals surface area contributed by atoms with E-state index in [2.05, 4.69) is 10.8 Å². The van der Waals surface area contributed by atoms with E-state index in [0.717, 1.165) is 25.8 Å². The third kappa shape index (κ3) is 7.50. The van der Waals surface area contributed by atoms with Crippen molar-refractivity contribution < 1.29 is 14.4 Å². The SMILES string of the molecule is CC(C)(C)OC(=O)NCCCNOC1CCCC1. The maximum absolute atomic E-state index is 11.3. The van der Waals surface area contributed by atoms with Crippen LogP contribution in [0.2, 0.25) is 0 Å². The Morgan fingerprint density at radius 1 is 1.22 bits per heavy atom. The Balaban J connectivity index is 1.90. The van der Waals surface area contributed by atoms with Crippen molar-refractivity contribution in [3.63, 3.8) is 0 Å². The van der Waals surface area contributed by atoms with Gasteiger partial charge in [-0.25, -0.2) is 10.3 Å². The average molecular weight is 258 g/mol. The molecule has 0 saturated heterocycles. The van der Waals surface area contributed by atoms with Gasteiger partial charge in [-0.2, -0.15) is 0 Å². The van der Waals surface area contributed by atoms with E-state index in [1.54, 1.807) is 0 Å². The summed E-state index contributed by atoms with van der Waals surface area (Å²) in [7, 11) is 0. The Morgan fingerprint density at radius 2 is 1.89 bits per heavy atom. The molecule has 1 fully saturated rings. The molecule has 1 rings (SSSR count). The third-order valence-electron chi connectivity index (χ3n) is 2.68. The largest absolute Gasteiger partial charge is 0.444 e. The van der Waals surface area contributed by atoms with Gasteiger partial charge in [0.15, 0.2) is 0 Å². The van der Waals surface area contributed by atoms with Crippen molar-refractivity contribution in [3.8, 4) is 0 Å². The predicted octanol–water partition coefficient (Wildman–Crippen LogP) is 2.36. The summed E-state index contributed by atoms with van der Waals surface area (Å²) in [5.74, 6) is 0. The fraction of sp³-hybridized carbons (Fsp3) is 0.923. The van der Waals surface area contributed by atoms with Crippen molar-refractivity contribution in [2.24, 2.45) is 0 Å². The van der Waals surface area contributed by atoms with Crippen LogP contribution in [0, 0.1) is 0 Å². The Hall–Kier alpha value is -0.810. The van der Waals surface area contributed by atoms with Crippen LogP contribution < -0.4 is 10.8 Å². The van der Waals surface area contributed by atoms with E-state index in [9.17, 15) is 4.79 Å². The Morgan fingerprint density at radius 3 is 2.50 bits per heavy atom. The second-order valence-electron chi connectivity index (χ2n) is 5.70. The van der Waals surface area contributed by atoms with Crippen LogP contribution in [0.25, 0.3) is 0 Å². The summed E-state index contributed by atoms with van der Waals surface area (Å²) in [4.78, 5) is 16.8. The Labute approximate surface area is 110 Å². The van der Waals surface area contributed by atoms with Gasteiger partial charge in [0.25, 0.3) is 0 Å². The zero-order chi connectivity index (χ0) is 13.4. The molecule has 0 spiro atoms. The molecule has 0 unspecified atom stereocenters. The van der Waals surface area contributed by atoms with Crippen molar-refractivity contribution in [1.82, 2.24) is 10.8 Å². The molecular formula is C13H26N2O3. The number of hydrogen-bond donors (Lipinski definition) is 2. The van der Waals surface area contributed by atoms with Crippen LogP contribution in [0.5, 0.6) is 0 Å². The van der Waals surface area contributed by atoms with Gasteiger partial charge >= 0.3 is 6.09 Å². The molecule has 1 aliphatic rings. The first-order valence-corrected chi connectivity index (χ1v) is 6.83. The number of ether oxygens (including phenoxy) is 1. The lowest BCUT2D eigenvalue weighted by Gasteiger charge is -2.19. The summed E-state index contributed by atoms with van der Waals surface area (Å²) < 4.78 is 5.12. The minimum atomic E-state index is -0.437. The lowest BCUT2D eigenvalue weighted by atomic mass is 10.2. The molecule has 1 amide bonds. The summed E-state index contributed by atoms with van der Waals surface area (Å²) in [6.45, 7) is 6.89. The van der Waals surface area contributed by atoms with Crippen LogP contribution in [-0.4, -0.2) is 30.9 Å². The quantitative estimate of drug-likeness (QED) is 0.567. The average Bonchev–Trinajstić information content (AvgIpc) is 2.73. The summed E-state index contributed by atoms with van der Waals surface area (Å²) in [5, 5.41) is 2.71. The van der Waals surface area contributed by atoms with E-state index in [0.29, 0.717) is 12.6 Å². The molecule has 1 aliphatic carbocycles. The number of rotatable bonds is 6. The van der Waals surface area contributed by atoms with Crippen molar-refractivity contribution in [2.45, 2.75) is 64.6 Å². The molecule has 0 heterocycles. The molecular weight excluding hydrogens is 232 g/mol. The van der Waals surface area contributed by atoms with Crippen LogP contribution in [0.4, 0.5) is 4.79 Å². The van der Waals surface area contributed by atoms with Gasteiger partial charge in [-0.05, 0) is 40.0 Å². The zero-order valence-electron chi connectivity index (χ0n) is 11.8. The first-order chi connectivity index (χ1) is 8.47. The maximum atomic E-state index is 11.3. The maximum Gasteiger partial charge on any atom is 0.407 e. The predicted molar refractivity (Wildman–Crippen MR) is 70.2 cm³/mol. The van der Waals surface area contributed by atoms with Gasteiger partial charge in [0, 0.05) is 13.1 Å². The highest BCUT2D eigenvalue weighted by Crippen LogP contribution is 2.19. The third-order valence-corrected chi connectivity index (χ3v) is 2.68. The van der Waals surface area contributed by atoms with Crippen LogP contribution in [0.1, 0.15) is 52.9 Å². The van der Waals surface area contributed by atoms with Gasteiger partial charge < -0.3 is 10.1 Å². The highest BCUT2D eigenvalue weighted by atomic mass is 16.7. The van der Waals surface area contributed by atoms with Gasteiger partial charge in [0.1, 0.15) is 5.60 Å². The van der Waals surface area contributed by atoms with E-state index in [1.807, 2.05) is 20.8 Å². The lowest BCUT2D eigenvalue weighted by molar-refractivity contribution is -0.0208. The van der Waals surface area contributed by atoms with Crippen LogP contribution in [0.3, 0.4) is 0 Å². The van der Waals surface area contributed by atoms with E-state index >= 15 is 0 Å². The number of hydroxylamine groups is 1. The molecule has 18 heavy (non-hydrogen) atoms. The van der Waals surface area contributed by atoms with E-state index in [-0.39, 0.29) is 6.09 Å².